The van der Waals surface area contributed by atoms with E-state index in [9.17, 15) is 19.4 Å². The van der Waals surface area contributed by atoms with Gasteiger partial charge in [-0.15, -0.1) is 5.54 Å². The van der Waals surface area contributed by atoms with Gasteiger partial charge in [-0.25, -0.2) is 0 Å². The first kappa shape index (κ1) is 15.1. The molecule has 1 rings (SSSR count). The molecule has 0 aliphatic heterocycles. The highest BCUT2D eigenvalue weighted by Crippen LogP contribution is 3.02. The molecule has 0 spiro atoms. The molecule has 102 valence electrons. The largest absolute Gasteiger partial charge is 0.310 e. The lowest BCUT2D eigenvalue weighted by Crippen LogP contribution is -2.16. The van der Waals surface area contributed by atoms with Gasteiger partial charge in [0.2, 0.25) is 0 Å². The Kier molecular flexibility index (Phi) is 2.94. The lowest BCUT2D eigenvalue weighted by Gasteiger charge is -2.40. The van der Waals surface area contributed by atoms with E-state index in [1.807, 2.05) is 19.6 Å². The molecule has 0 amide bonds. The standard InChI is InChI=1S/C11H13F5SSi/c1-18(2,3)8-7-10-5-4-6-11(9-10)17(12,13,14,15)16/h4-6,9H,1-3H3. The molecular formula is C11H13F5SSi. The minimum atomic E-state index is -9.60. The molecule has 7 heteroatoms. The topological polar surface area (TPSA) is 0 Å². The predicted molar refractivity (Wildman–Crippen MR) is 68.1 cm³/mol. The zero-order valence-electron chi connectivity index (χ0n) is 10.1. The molecule has 0 atom stereocenters. The second-order valence-electron chi connectivity index (χ2n) is 5.00. The van der Waals surface area contributed by atoms with Gasteiger partial charge in [0.1, 0.15) is 13.0 Å². The summed E-state index contributed by atoms with van der Waals surface area (Å²) in [4.78, 5) is -1.89. The van der Waals surface area contributed by atoms with Gasteiger partial charge < -0.3 is 0 Å². The first-order valence-corrected chi connectivity index (χ1v) is 10.5. The van der Waals surface area contributed by atoms with Gasteiger partial charge in [-0.1, -0.05) is 51.1 Å². The average Bonchev–Trinajstić information content (AvgIpc) is 2.11. The van der Waals surface area contributed by atoms with Crippen molar-refractivity contribution < 1.29 is 19.4 Å². The molecule has 0 N–H and O–H groups in total. The highest BCUT2D eigenvalue weighted by molar-refractivity contribution is 8.45. The van der Waals surface area contributed by atoms with Gasteiger partial charge in [-0.05, 0) is 18.2 Å². The van der Waals surface area contributed by atoms with Crippen molar-refractivity contribution in [2.24, 2.45) is 0 Å². The third-order valence-corrected chi connectivity index (χ3v) is 3.88. The van der Waals surface area contributed by atoms with Crippen LogP contribution in [-0.2, 0) is 0 Å². The molecule has 0 nitrogen and oxygen atoms in total. The predicted octanol–water partition coefficient (Wildman–Crippen LogP) is 5.57. The second-order valence-corrected chi connectivity index (χ2v) is 12.2. The molecule has 0 unspecified atom stereocenters. The normalized spacial score (nSPS) is 16.2. The Labute approximate surface area is 104 Å². The van der Waals surface area contributed by atoms with Crippen LogP contribution in [0.25, 0.3) is 0 Å². The Bertz CT molecular complexity index is 530. The Morgan fingerprint density at radius 1 is 1.00 bits per heavy atom. The van der Waals surface area contributed by atoms with Crippen molar-refractivity contribution in [1.82, 2.24) is 0 Å². The molecule has 1 aromatic carbocycles. The van der Waals surface area contributed by atoms with Crippen molar-refractivity contribution in [2.75, 3.05) is 0 Å². The molecule has 0 saturated carbocycles. The van der Waals surface area contributed by atoms with E-state index in [1.54, 1.807) is 0 Å². The zero-order valence-corrected chi connectivity index (χ0v) is 11.9. The van der Waals surface area contributed by atoms with Crippen molar-refractivity contribution >= 4 is 18.3 Å². The maximum atomic E-state index is 12.6. The number of hydrogen-bond donors (Lipinski definition) is 0. The van der Waals surface area contributed by atoms with E-state index in [1.165, 1.54) is 6.07 Å². The molecule has 1 aromatic rings. The van der Waals surface area contributed by atoms with Gasteiger partial charge in [-0.2, -0.15) is 0 Å². The number of benzene rings is 1. The van der Waals surface area contributed by atoms with Crippen LogP contribution in [0, 0.1) is 11.5 Å². The molecule has 0 aliphatic carbocycles. The number of halogens is 5. The van der Waals surface area contributed by atoms with Crippen molar-refractivity contribution in [1.29, 1.82) is 0 Å². The van der Waals surface area contributed by atoms with E-state index in [2.05, 4.69) is 11.5 Å². The maximum absolute atomic E-state index is 12.6. The summed E-state index contributed by atoms with van der Waals surface area (Å²) in [5, 5.41) is 0. The van der Waals surface area contributed by atoms with Crippen LogP contribution in [0.2, 0.25) is 19.6 Å². The molecule has 0 saturated heterocycles. The molecule has 0 fully saturated rings. The summed E-state index contributed by atoms with van der Waals surface area (Å²) in [7, 11) is -11.4. The smallest absolute Gasteiger partial charge is 0.127 e. The van der Waals surface area contributed by atoms with E-state index in [4.69, 9.17) is 0 Å². The molecule has 18 heavy (non-hydrogen) atoms. The lowest BCUT2D eigenvalue weighted by atomic mass is 10.2. The van der Waals surface area contributed by atoms with E-state index >= 15 is 0 Å². The highest BCUT2D eigenvalue weighted by atomic mass is 32.5. The monoisotopic (exact) mass is 300 g/mol. The Morgan fingerprint density at radius 3 is 2.00 bits per heavy atom. The van der Waals surface area contributed by atoms with Crippen LogP contribution in [-0.4, -0.2) is 8.07 Å². The quantitative estimate of drug-likeness (QED) is 0.361. The van der Waals surface area contributed by atoms with Crippen LogP contribution >= 0.6 is 10.2 Å². The minimum Gasteiger partial charge on any atom is -0.127 e. The lowest BCUT2D eigenvalue weighted by molar-refractivity contribution is 0.364. The third-order valence-electron chi connectivity index (χ3n) is 1.86. The molecule has 0 radical (unpaired) electrons. The Morgan fingerprint density at radius 2 is 1.56 bits per heavy atom. The van der Waals surface area contributed by atoms with E-state index in [0.717, 1.165) is 6.07 Å². The van der Waals surface area contributed by atoms with Crippen LogP contribution in [0.3, 0.4) is 0 Å². The molecule has 0 heterocycles. The summed E-state index contributed by atoms with van der Waals surface area (Å²) in [6.07, 6.45) is 0. The summed E-state index contributed by atoms with van der Waals surface area (Å²) >= 11 is 0. The second kappa shape index (κ2) is 3.51. The van der Waals surface area contributed by atoms with E-state index in [-0.39, 0.29) is 5.56 Å². The Hall–Kier alpha value is -1.00. The summed E-state index contributed by atoms with van der Waals surface area (Å²) in [5.74, 6) is 2.53. The van der Waals surface area contributed by atoms with Crippen LogP contribution in [0.1, 0.15) is 5.56 Å². The molecule has 0 aliphatic rings. The first-order valence-electron chi connectivity index (χ1n) is 5.05. The maximum Gasteiger partial charge on any atom is 0.310 e. The van der Waals surface area contributed by atoms with Crippen LogP contribution in [0.5, 0.6) is 0 Å². The number of hydrogen-bond acceptors (Lipinski definition) is 0. The van der Waals surface area contributed by atoms with Gasteiger partial charge in [-0.3, -0.25) is 0 Å². The fourth-order valence-electron chi connectivity index (χ4n) is 1.07. The van der Waals surface area contributed by atoms with Gasteiger partial charge in [0.05, 0.1) is 0 Å². The molecule has 0 aromatic heterocycles. The van der Waals surface area contributed by atoms with Gasteiger partial charge >= 0.3 is 10.2 Å². The fraction of sp³-hybridized carbons (Fsp3) is 0.273. The van der Waals surface area contributed by atoms with Crippen molar-refractivity contribution in [3.05, 3.63) is 29.8 Å². The van der Waals surface area contributed by atoms with Crippen LogP contribution in [0.4, 0.5) is 19.4 Å². The van der Waals surface area contributed by atoms with Crippen molar-refractivity contribution in [3.63, 3.8) is 0 Å². The average molecular weight is 300 g/mol. The fourth-order valence-corrected chi connectivity index (χ4v) is 2.28. The summed E-state index contributed by atoms with van der Waals surface area (Å²) < 4.78 is 62.8. The molecule has 0 bridgehead atoms. The molecular weight excluding hydrogens is 287 g/mol. The highest BCUT2D eigenvalue weighted by Gasteiger charge is 2.65. The first-order chi connectivity index (χ1) is 7.67. The summed E-state index contributed by atoms with van der Waals surface area (Å²) in [6, 6.07) is 3.03. The SMILES string of the molecule is C[Si](C)(C)C#Cc1cccc(S(F)(F)(F)(F)F)c1. The van der Waals surface area contributed by atoms with Crippen molar-refractivity contribution in [2.45, 2.75) is 24.5 Å². The van der Waals surface area contributed by atoms with Gasteiger partial charge in [0.25, 0.3) is 0 Å². The van der Waals surface area contributed by atoms with Crippen LogP contribution < -0.4 is 0 Å². The van der Waals surface area contributed by atoms with Gasteiger partial charge in [0, 0.05) is 5.56 Å². The van der Waals surface area contributed by atoms with E-state index < -0.39 is 23.2 Å². The van der Waals surface area contributed by atoms with Gasteiger partial charge in [0.15, 0.2) is 0 Å². The summed E-state index contributed by atoms with van der Waals surface area (Å²) in [6.45, 7) is 5.73. The minimum absolute atomic E-state index is 0.0387. The Balaban J connectivity index is 3.29. The third kappa shape index (κ3) is 4.70. The van der Waals surface area contributed by atoms with Crippen LogP contribution in [0.15, 0.2) is 29.2 Å². The zero-order chi connectivity index (χ0) is 14.3. The van der Waals surface area contributed by atoms with Crippen molar-refractivity contribution in [3.8, 4) is 11.5 Å². The number of rotatable bonds is 1. The van der Waals surface area contributed by atoms with E-state index in [0.29, 0.717) is 12.1 Å². The summed E-state index contributed by atoms with van der Waals surface area (Å²) in [5.41, 5.74) is 2.79.